The van der Waals surface area contributed by atoms with Gasteiger partial charge in [-0.15, -0.1) is 6.58 Å². The number of nitrogen functional groups attached to an aromatic ring is 2. The van der Waals surface area contributed by atoms with Gasteiger partial charge in [-0.1, -0.05) is 44.4 Å². The smallest absolute Gasteiger partial charge is 0.338 e. The lowest BCUT2D eigenvalue weighted by molar-refractivity contribution is -0.138. The lowest BCUT2D eigenvalue weighted by Crippen LogP contribution is -2.24. The highest BCUT2D eigenvalue weighted by Crippen LogP contribution is 2.30. The van der Waals surface area contributed by atoms with Gasteiger partial charge in [0.1, 0.15) is 6.10 Å². The highest BCUT2D eigenvalue weighted by molar-refractivity contribution is 5.90. The molecule has 1 saturated carbocycles. The summed E-state index contributed by atoms with van der Waals surface area (Å²) in [7, 11) is 0. The number of carbonyl (C=O) groups excluding carboxylic acids is 2. The Morgan fingerprint density at radius 2 is 1.72 bits per heavy atom. The van der Waals surface area contributed by atoms with Crippen LogP contribution in [0.2, 0.25) is 0 Å². The summed E-state index contributed by atoms with van der Waals surface area (Å²) in [6, 6.07) is 12.6. The van der Waals surface area contributed by atoms with Gasteiger partial charge in [-0.2, -0.15) is 0 Å². The van der Waals surface area contributed by atoms with E-state index in [1.54, 1.807) is 36.4 Å². The molecule has 1 fully saturated rings. The topological polar surface area (TPSA) is 105 Å². The molecule has 3 rings (SSSR count). The van der Waals surface area contributed by atoms with Gasteiger partial charge in [-0.25, -0.2) is 9.59 Å². The second kappa shape index (κ2) is 15.8. The van der Waals surface area contributed by atoms with Crippen molar-refractivity contribution in [3.8, 4) is 0 Å². The third-order valence-corrected chi connectivity index (χ3v) is 7.45. The Kier molecular flexibility index (Phi) is 12.1. The summed E-state index contributed by atoms with van der Waals surface area (Å²) >= 11 is 0. The van der Waals surface area contributed by atoms with Crippen molar-refractivity contribution in [2.24, 2.45) is 5.92 Å². The van der Waals surface area contributed by atoms with E-state index in [9.17, 15) is 9.59 Å². The number of rotatable bonds is 14. The second-order valence-corrected chi connectivity index (χ2v) is 10.6. The first kappa shape index (κ1) is 30.0. The Hall–Kier alpha value is -3.54. The largest absolute Gasteiger partial charge is 0.462 e. The summed E-state index contributed by atoms with van der Waals surface area (Å²) in [6.07, 6.45) is 15.6. The zero-order valence-corrected chi connectivity index (χ0v) is 23.3. The van der Waals surface area contributed by atoms with Gasteiger partial charge in [0.2, 0.25) is 0 Å². The summed E-state index contributed by atoms with van der Waals surface area (Å²) in [5.74, 6) is 0.0545. The molecule has 210 valence electrons. The number of hydrogen-bond donors (Lipinski definition) is 2. The van der Waals surface area contributed by atoms with Crippen LogP contribution in [0.25, 0.3) is 6.08 Å². The van der Waals surface area contributed by atoms with Crippen molar-refractivity contribution in [1.82, 2.24) is 0 Å². The maximum absolute atomic E-state index is 12.6. The molecule has 1 unspecified atom stereocenters. The number of anilines is 2. The first-order valence-electron chi connectivity index (χ1n) is 14.3. The predicted molar refractivity (Wildman–Crippen MR) is 159 cm³/mol. The number of nitrogens with two attached hydrogens (primary N) is 2. The van der Waals surface area contributed by atoms with Crippen molar-refractivity contribution in [2.45, 2.75) is 83.2 Å². The van der Waals surface area contributed by atoms with Crippen molar-refractivity contribution >= 4 is 29.4 Å². The minimum absolute atomic E-state index is 0.00702. The van der Waals surface area contributed by atoms with Gasteiger partial charge in [0.15, 0.2) is 0 Å². The van der Waals surface area contributed by atoms with E-state index in [4.69, 9.17) is 20.9 Å². The van der Waals surface area contributed by atoms with Gasteiger partial charge in [0.05, 0.1) is 12.2 Å². The Labute approximate surface area is 233 Å². The molecule has 0 aliphatic heterocycles. The molecule has 0 saturated heterocycles. The molecule has 4 N–H and O–H groups in total. The van der Waals surface area contributed by atoms with Crippen LogP contribution in [0.4, 0.5) is 11.4 Å². The van der Waals surface area contributed by atoms with Crippen LogP contribution >= 0.6 is 0 Å². The molecule has 0 bridgehead atoms. The van der Waals surface area contributed by atoms with Gasteiger partial charge in [-0.05, 0) is 98.4 Å². The van der Waals surface area contributed by atoms with Crippen molar-refractivity contribution < 1.29 is 19.1 Å². The molecule has 2 aromatic carbocycles. The molecule has 6 heteroatoms. The fraction of sp³-hybridized carbons (Fsp3) is 0.455. The monoisotopic (exact) mass is 532 g/mol. The van der Waals surface area contributed by atoms with Gasteiger partial charge >= 0.3 is 11.9 Å². The van der Waals surface area contributed by atoms with Crippen LogP contribution < -0.4 is 11.5 Å². The van der Waals surface area contributed by atoms with Crippen molar-refractivity contribution in [3.63, 3.8) is 0 Å². The van der Waals surface area contributed by atoms with Crippen LogP contribution in [0.15, 0.2) is 61.2 Å². The van der Waals surface area contributed by atoms with Crippen molar-refractivity contribution in [2.75, 3.05) is 18.1 Å². The molecular weight excluding hydrogens is 488 g/mol. The number of esters is 2. The maximum atomic E-state index is 12.6. The number of ether oxygens (including phenoxy) is 2. The van der Waals surface area contributed by atoms with Crippen LogP contribution in [0.5, 0.6) is 0 Å². The number of benzene rings is 2. The first-order valence-corrected chi connectivity index (χ1v) is 14.3. The average molecular weight is 533 g/mol. The van der Waals surface area contributed by atoms with E-state index in [-0.39, 0.29) is 24.6 Å². The first-order chi connectivity index (χ1) is 18.9. The summed E-state index contributed by atoms with van der Waals surface area (Å²) < 4.78 is 11.3. The van der Waals surface area contributed by atoms with Crippen LogP contribution in [0, 0.1) is 5.92 Å². The molecule has 0 spiro atoms. The molecule has 6 nitrogen and oxygen atoms in total. The number of unbranched alkanes of at least 4 members (excludes halogenated alkanes) is 2. The zero-order chi connectivity index (χ0) is 28.0. The van der Waals surface area contributed by atoms with E-state index < -0.39 is 5.97 Å². The van der Waals surface area contributed by atoms with Crippen LogP contribution in [-0.2, 0) is 14.3 Å². The lowest BCUT2D eigenvalue weighted by atomic mass is 9.84. The van der Waals surface area contributed by atoms with Crippen LogP contribution in [-0.4, -0.2) is 24.6 Å². The number of carbonyl (C=O) groups is 2. The Morgan fingerprint density at radius 3 is 2.36 bits per heavy atom. The van der Waals surface area contributed by atoms with E-state index in [2.05, 4.69) is 13.5 Å². The molecule has 1 atom stereocenters. The highest BCUT2D eigenvalue weighted by Gasteiger charge is 2.24. The average Bonchev–Trinajstić information content (AvgIpc) is 2.92. The highest BCUT2D eigenvalue weighted by atomic mass is 16.5. The molecule has 0 radical (unpaired) electrons. The molecule has 1 aliphatic rings. The number of allylic oxidation sites excluding steroid dienone is 1. The summed E-state index contributed by atoms with van der Waals surface area (Å²) in [4.78, 5) is 25.0. The maximum Gasteiger partial charge on any atom is 0.338 e. The fourth-order valence-corrected chi connectivity index (χ4v) is 5.17. The van der Waals surface area contributed by atoms with Crippen LogP contribution in [0.1, 0.15) is 98.5 Å². The Bertz CT molecular complexity index is 1080. The van der Waals surface area contributed by atoms with E-state index in [0.29, 0.717) is 16.9 Å². The summed E-state index contributed by atoms with van der Waals surface area (Å²) in [5.41, 5.74) is 15.4. The van der Waals surface area contributed by atoms with Crippen molar-refractivity contribution in [3.05, 3.63) is 77.9 Å². The third kappa shape index (κ3) is 10.3. The molecular formula is C33H44N2O4. The predicted octanol–water partition coefficient (Wildman–Crippen LogP) is 7.45. The van der Waals surface area contributed by atoms with Crippen LogP contribution in [0.3, 0.4) is 0 Å². The minimum atomic E-state index is -0.419. The summed E-state index contributed by atoms with van der Waals surface area (Å²) in [5, 5.41) is 0. The van der Waals surface area contributed by atoms with E-state index in [0.717, 1.165) is 68.4 Å². The Balaban J connectivity index is 1.46. The quantitative estimate of drug-likeness (QED) is 0.0860. The Morgan fingerprint density at radius 1 is 1.03 bits per heavy atom. The minimum Gasteiger partial charge on any atom is -0.462 e. The summed E-state index contributed by atoms with van der Waals surface area (Å²) in [6.45, 7) is 6.17. The zero-order valence-electron chi connectivity index (χ0n) is 23.3. The van der Waals surface area contributed by atoms with Gasteiger partial charge in [0.25, 0.3) is 0 Å². The van der Waals surface area contributed by atoms with Gasteiger partial charge in [0, 0.05) is 23.4 Å². The third-order valence-electron chi connectivity index (χ3n) is 7.45. The van der Waals surface area contributed by atoms with Crippen molar-refractivity contribution in [1.29, 1.82) is 0 Å². The van der Waals surface area contributed by atoms with E-state index in [1.807, 2.05) is 18.2 Å². The normalized spacial score (nSPS) is 18.0. The molecule has 0 aromatic heterocycles. The van der Waals surface area contributed by atoms with E-state index >= 15 is 0 Å². The molecule has 39 heavy (non-hydrogen) atoms. The second-order valence-electron chi connectivity index (χ2n) is 10.6. The number of hydrogen-bond acceptors (Lipinski definition) is 6. The lowest BCUT2D eigenvalue weighted by Gasteiger charge is -2.28. The SMILES string of the molecule is C=CCCCC1CCC(OC(=O)c2ccc(/C=C/C(=O)OCC(CCCC)c3cc(N)cc(N)c3)cc2)CC1. The van der Waals surface area contributed by atoms with Gasteiger partial charge < -0.3 is 20.9 Å². The molecule has 1 aliphatic carbocycles. The van der Waals surface area contributed by atoms with E-state index in [1.165, 1.54) is 18.9 Å². The fourth-order valence-electron chi connectivity index (χ4n) is 5.17. The molecule has 0 heterocycles. The standard InChI is InChI=1S/C33H44N2O4/c1-3-5-7-8-24-12-17-31(18-13-24)39-33(37)26-15-10-25(11-16-26)14-19-32(36)38-23-27(9-6-4-2)28-20-29(34)22-30(35)21-28/h3,10-11,14-16,19-22,24,27,31H,1,4-9,12-13,17-18,23,34-35H2,2H3/b19-14+. The van der Waals surface area contributed by atoms with Gasteiger partial charge in [-0.3, -0.25) is 0 Å². The molecule has 2 aromatic rings. The molecule has 0 amide bonds.